The highest BCUT2D eigenvalue weighted by molar-refractivity contribution is 7.26. The van der Waals surface area contributed by atoms with Crippen LogP contribution in [0.4, 0.5) is 17.1 Å². The number of para-hydroxylation sites is 4. The van der Waals surface area contributed by atoms with Gasteiger partial charge in [-0.3, -0.25) is 0 Å². The average Bonchev–Trinajstić information content (AvgIpc) is 3.61. The van der Waals surface area contributed by atoms with Crippen molar-refractivity contribution in [1.29, 1.82) is 0 Å². The van der Waals surface area contributed by atoms with Gasteiger partial charge in [0.05, 0.1) is 11.4 Å². The minimum Gasteiger partial charge on any atom is -0.453 e. The van der Waals surface area contributed by atoms with Crippen LogP contribution in [0.3, 0.4) is 0 Å². The second-order valence-corrected chi connectivity index (χ2v) is 10.9. The molecule has 0 amide bonds. The summed E-state index contributed by atoms with van der Waals surface area (Å²) in [6.45, 7) is 0. The lowest BCUT2D eigenvalue weighted by atomic mass is 10.1. The van der Waals surface area contributed by atoms with Crippen LogP contribution in [0.15, 0.2) is 115 Å². The van der Waals surface area contributed by atoms with Gasteiger partial charge < -0.3 is 9.64 Å². The van der Waals surface area contributed by atoms with Gasteiger partial charge >= 0.3 is 0 Å². The molecular weight excluding hydrogens is 507 g/mol. The third-order valence-electron chi connectivity index (χ3n) is 6.88. The number of hydrogen-bond acceptors (Lipinski definition) is 6. The van der Waals surface area contributed by atoms with Crippen molar-refractivity contribution in [3.8, 4) is 33.5 Å². The molecule has 4 nitrogen and oxygen atoms in total. The first-order valence-electron chi connectivity index (χ1n) is 12.3. The van der Waals surface area contributed by atoms with Crippen LogP contribution in [0.5, 0.6) is 11.5 Å². The summed E-state index contributed by atoms with van der Waals surface area (Å²) >= 11 is 3.25. The Hall–Kier alpha value is -4.52. The Morgan fingerprint density at radius 2 is 1.32 bits per heavy atom. The minimum atomic E-state index is 0.780. The van der Waals surface area contributed by atoms with Gasteiger partial charge in [-0.05, 0) is 72.2 Å². The summed E-state index contributed by atoms with van der Waals surface area (Å²) in [5, 5.41) is 3.45. The van der Waals surface area contributed by atoms with Gasteiger partial charge in [-0.25, -0.2) is 4.98 Å². The molecule has 38 heavy (non-hydrogen) atoms. The summed E-state index contributed by atoms with van der Waals surface area (Å²) in [6.07, 6.45) is 0. The second-order valence-electron chi connectivity index (χ2n) is 9.12. The monoisotopic (exact) mass is 525 g/mol. The molecule has 0 spiro atoms. The Kier molecular flexibility index (Phi) is 4.83. The average molecular weight is 526 g/mol. The molecule has 5 aromatic carbocycles. The number of aromatic nitrogens is 2. The van der Waals surface area contributed by atoms with Gasteiger partial charge in [-0.15, -0.1) is 11.3 Å². The smallest absolute Gasteiger partial charge is 0.174 e. The number of anilines is 3. The summed E-state index contributed by atoms with van der Waals surface area (Å²) in [5.41, 5.74) is 5.25. The third-order valence-corrected chi connectivity index (χ3v) is 8.86. The van der Waals surface area contributed by atoms with Crippen molar-refractivity contribution in [3.05, 3.63) is 115 Å². The van der Waals surface area contributed by atoms with Crippen molar-refractivity contribution in [3.63, 3.8) is 0 Å². The van der Waals surface area contributed by atoms with E-state index in [-0.39, 0.29) is 0 Å². The molecule has 6 heteroatoms. The maximum atomic E-state index is 6.16. The largest absolute Gasteiger partial charge is 0.453 e. The van der Waals surface area contributed by atoms with Crippen LogP contribution in [0.2, 0.25) is 0 Å². The van der Waals surface area contributed by atoms with Crippen molar-refractivity contribution in [2.75, 3.05) is 4.90 Å². The number of ether oxygens (including phenoxy) is 1. The fourth-order valence-electron chi connectivity index (χ4n) is 5.11. The number of fused-ring (bicyclic) bond motifs is 5. The summed E-state index contributed by atoms with van der Waals surface area (Å²) in [5.74, 6) is 2.47. The van der Waals surface area contributed by atoms with Crippen LogP contribution in [0.25, 0.3) is 42.1 Å². The Morgan fingerprint density at radius 3 is 2.11 bits per heavy atom. The van der Waals surface area contributed by atoms with Crippen molar-refractivity contribution < 1.29 is 4.74 Å². The zero-order valence-corrected chi connectivity index (χ0v) is 21.7. The SMILES string of the molecule is c1ccc2c(c1)Oc1ccccc1N2c1ccc(-c2nc(-c3cccc4c3sc3ccccc34)ns2)cc1. The molecule has 0 radical (unpaired) electrons. The maximum Gasteiger partial charge on any atom is 0.174 e. The quantitative estimate of drug-likeness (QED) is 0.230. The third kappa shape index (κ3) is 3.35. The summed E-state index contributed by atoms with van der Waals surface area (Å²) in [7, 11) is 0. The lowest BCUT2D eigenvalue weighted by molar-refractivity contribution is 0.477. The fourth-order valence-corrected chi connectivity index (χ4v) is 7.00. The minimum absolute atomic E-state index is 0.780. The molecule has 3 heterocycles. The highest BCUT2D eigenvalue weighted by Gasteiger charge is 2.25. The van der Waals surface area contributed by atoms with Gasteiger partial charge in [-0.1, -0.05) is 54.6 Å². The van der Waals surface area contributed by atoms with E-state index < -0.39 is 0 Å². The first kappa shape index (κ1) is 21.6. The van der Waals surface area contributed by atoms with E-state index in [2.05, 4.69) is 83.8 Å². The van der Waals surface area contributed by atoms with Gasteiger partial charge in [0.15, 0.2) is 17.3 Å². The van der Waals surface area contributed by atoms with Crippen molar-refractivity contribution in [2.45, 2.75) is 0 Å². The maximum absolute atomic E-state index is 6.16. The molecule has 2 aromatic heterocycles. The van der Waals surface area contributed by atoms with Gasteiger partial charge in [0, 0.05) is 37.0 Å². The lowest BCUT2D eigenvalue weighted by Gasteiger charge is -2.32. The number of thiophene rings is 1. The van der Waals surface area contributed by atoms with E-state index in [9.17, 15) is 0 Å². The van der Waals surface area contributed by atoms with Gasteiger partial charge in [0.2, 0.25) is 0 Å². The van der Waals surface area contributed by atoms with Crippen LogP contribution in [0, 0.1) is 0 Å². The van der Waals surface area contributed by atoms with Crippen molar-refractivity contribution in [1.82, 2.24) is 9.36 Å². The molecule has 0 aliphatic carbocycles. The van der Waals surface area contributed by atoms with Crippen LogP contribution in [0.1, 0.15) is 0 Å². The Bertz CT molecular complexity index is 1930. The Labute approximate surface area is 227 Å². The second kappa shape index (κ2) is 8.52. The van der Waals surface area contributed by atoms with Crippen molar-refractivity contribution in [2.24, 2.45) is 0 Å². The van der Waals surface area contributed by atoms with Crippen LogP contribution >= 0.6 is 22.9 Å². The van der Waals surface area contributed by atoms with Gasteiger partial charge in [-0.2, -0.15) is 4.37 Å². The van der Waals surface area contributed by atoms with E-state index in [4.69, 9.17) is 14.1 Å². The molecular formula is C32H19N3OS2. The molecule has 1 aliphatic rings. The summed E-state index contributed by atoms with van der Waals surface area (Å²) < 4.78 is 13.4. The zero-order chi connectivity index (χ0) is 25.1. The standard InChI is InChI=1S/C32H19N3OS2/c1-6-15-29-22(8-1)23-9-7-10-24(30(23)37-29)31-33-32(38-34-31)20-16-18-21(19-17-20)35-25-11-2-4-13-27(25)36-28-14-5-3-12-26(28)35/h1-19H. The molecule has 0 unspecified atom stereocenters. The fraction of sp³-hybridized carbons (Fsp3) is 0. The number of nitrogens with zero attached hydrogens (tertiary/aromatic N) is 3. The van der Waals surface area contributed by atoms with E-state index in [0.717, 1.165) is 50.5 Å². The van der Waals surface area contributed by atoms with E-state index >= 15 is 0 Å². The van der Waals surface area contributed by atoms with Gasteiger partial charge in [0.25, 0.3) is 0 Å². The first-order valence-corrected chi connectivity index (χ1v) is 13.9. The zero-order valence-electron chi connectivity index (χ0n) is 20.0. The Morgan fingerprint density at radius 1 is 0.632 bits per heavy atom. The van der Waals surface area contributed by atoms with Crippen molar-refractivity contribution >= 4 is 60.1 Å². The van der Waals surface area contributed by atoms with Crippen LogP contribution < -0.4 is 9.64 Å². The van der Waals surface area contributed by atoms with Crippen LogP contribution in [-0.2, 0) is 0 Å². The van der Waals surface area contributed by atoms with Gasteiger partial charge in [0.1, 0.15) is 5.01 Å². The van der Waals surface area contributed by atoms with E-state index in [1.54, 1.807) is 11.3 Å². The molecule has 0 saturated carbocycles. The summed E-state index contributed by atoms with van der Waals surface area (Å²) in [6, 6.07) is 39.8. The van der Waals surface area contributed by atoms with E-state index in [1.807, 2.05) is 36.4 Å². The molecule has 8 rings (SSSR count). The highest BCUT2D eigenvalue weighted by Crippen LogP contribution is 2.50. The van der Waals surface area contributed by atoms with E-state index in [0.29, 0.717) is 0 Å². The summed E-state index contributed by atoms with van der Waals surface area (Å²) in [4.78, 5) is 7.21. The first-order chi connectivity index (χ1) is 18.8. The number of hydrogen-bond donors (Lipinski definition) is 0. The lowest BCUT2D eigenvalue weighted by Crippen LogP contribution is -2.15. The van der Waals surface area contributed by atoms with E-state index in [1.165, 1.54) is 31.7 Å². The highest BCUT2D eigenvalue weighted by atomic mass is 32.1. The molecule has 1 aliphatic heterocycles. The Balaban J connectivity index is 1.17. The molecule has 180 valence electrons. The normalized spacial score (nSPS) is 12.4. The van der Waals surface area contributed by atoms with Crippen LogP contribution in [-0.4, -0.2) is 9.36 Å². The predicted molar refractivity (Wildman–Crippen MR) is 158 cm³/mol. The number of rotatable bonds is 3. The predicted octanol–water partition coefficient (Wildman–Crippen LogP) is 9.82. The molecule has 0 N–H and O–H groups in total. The topological polar surface area (TPSA) is 38.2 Å². The molecule has 0 atom stereocenters. The molecule has 0 bridgehead atoms. The molecule has 0 saturated heterocycles. The molecule has 0 fully saturated rings. The molecule has 7 aromatic rings. The number of benzene rings is 5.